The number of rotatable bonds is 3. The number of amides is 1. The number of nitrogens with two attached hydrogens (primary N) is 1. The number of methoxy groups -OCH3 is 1. The fourth-order valence-corrected chi connectivity index (χ4v) is 1.77. The maximum absolute atomic E-state index is 11.8. The molecule has 1 atom stereocenters. The molecule has 0 aromatic rings. The molecule has 0 saturated carbocycles. The summed E-state index contributed by atoms with van der Waals surface area (Å²) in [5.74, 6) is 0.113. The summed E-state index contributed by atoms with van der Waals surface area (Å²) in [6, 6.07) is 0.265. The Kier molecular flexibility index (Phi) is 4.35. The molecular weight excluding hydrogens is 180 g/mol. The molecule has 1 aliphatic heterocycles. The van der Waals surface area contributed by atoms with E-state index in [0.717, 1.165) is 32.4 Å². The van der Waals surface area contributed by atoms with Crippen LogP contribution in [-0.4, -0.2) is 43.2 Å². The van der Waals surface area contributed by atoms with Gasteiger partial charge in [-0.1, -0.05) is 6.92 Å². The second-order valence-corrected chi connectivity index (χ2v) is 3.80. The van der Waals surface area contributed by atoms with E-state index >= 15 is 0 Å². The van der Waals surface area contributed by atoms with Crippen LogP contribution in [0.2, 0.25) is 0 Å². The minimum absolute atomic E-state index is 0.113. The maximum Gasteiger partial charge on any atom is 0.251 e. The zero-order chi connectivity index (χ0) is 10.6. The SMILES string of the molecule is CCC(OC)C(=O)N1CCC(N)CC1. The molecule has 0 bridgehead atoms. The molecule has 1 saturated heterocycles. The first kappa shape index (κ1) is 11.5. The lowest BCUT2D eigenvalue weighted by Gasteiger charge is -2.32. The molecule has 0 spiro atoms. The van der Waals surface area contributed by atoms with Crippen LogP contribution < -0.4 is 5.73 Å². The van der Waals surface area contributed by atoms with Gasteiger partial charge in [0.1, 0.15) is 6.10 Å². The Morgan fingerprint density at radius 2 is 2.14 bits per heavy atom. The summed E-state index contributed by atoms with van der Waals surface area (Å²) in [6.45, 7) is 3.52. The molecule has 0 radical (unpaired) electrons. The zero-order valence-electron chi connectivity index (χ0n) is 9.03. The Labute approximate surface area is 85.4 Å². The quantitative estimate of drug-likeness (QED) is 0.715. The normalized spacial score (nSPS) is 20.9. The Bertz CT molecular complexity index is 185. The van der Waals surface area contributed by atoms with Gasteiger partial charge in [0.25, 0.3) is 5.91 Å². The van der Waals surface area contributed by atoms with Crippen LogP contribution >= 0.6 is 0 Å². The Balaban J connectivity index is 2.44. The molecule has 0 aromatic carbocycles. The monoisotopic (exact) mass is 200 g/mol. The van der Waals surface area contributed by atoms with E-state index in [1.54, 1.807) is 7.11 Å². The summed E-state index contributed by atoms with van der Waals surface area (Å²) in [4.78, 5) is 13.7. The number of ether oxygens (including phenoxy) is 1. The van der Waals surface area contributed by atoms with Crippen molar-refractivity contribution in [1.82, 2.24) is 4.90 Å². The van der Waals surface area contributed by atoms with Crippen molar-refractivity contribution in [3.8, 4) is 0 Å². The van der Waals surface area contributed by atoms with Gasteiger partial charge in [0, 0.05) is 26.2 Å². The van der Waals surface area contributed by atoms with E-state index in [-0.39, 0.29) is 18.1 Å². The summed E-state index contributed by atoms with van der Waals surface area (Å²) in [5, 5.41) is 0. The molecule has 1 rings (SSSR count). The van der Waals surface area contributed by atoms with Gasteiger partial charge in [0.05, 0.1) is 0 Å². The van der Waals surface area contributed by atoms with Crippen LogP contribution in [0.15, 0.2) is 0 Å². The highest BCUT2D eigenvalue weighted by atomic mass is 16.5. The lowest BCUT2D eigenvalue weighted by atomic mass is 10.1. The first-order valence-corrected chi connectivity index (χ1v) is 5.26. The van der Waals surface area contributed by atoms with Gasteiger partial charge >= 0.3 is 0 Å². The highest BCUT2D eigenvalue weighted by molar-refractivity contribution is 5.80. The van der Waals surface area contributed by atoms with E-state index in [2.05, 4.69) is 0 Å². The summed E-state index contributed by atoms with van der Waals surface area (Å²) in [5.41, 5.74) is 5.77. The van der Waals surface area contributed by atoms with Crippen LogP contribution in [0, 0.1) is 0 Å². The standard InChI is InChI=1S/C10H20N2O2/c1-3-9(14-2)10(13)12-6-4-8(11)5-7-12/h8-9H,3-7,11H2,1-2H3. The third kappa shape index (κ3) is 2.69. The van der Waals surface area contributed by atoms with Crippen LogP contribution in [-0.2, 0) is 9.53 Å². The number of carbonyl (C=O) groups is 1. The van der Waals surface area contributed by atoms with Crippen molar-refractivity contribution in [2.75, 3.05) is 20.2 Å². The minimum atomic E-state index is -0.274. The number of hydrogen-bond acceptors (Lipinski definition) is 3. The van der Waals surface area contributed by atoms with Gasteiger partial charge in [-0.25, -0.2) is 0 Å². The van der Waals surface area contributed by atoms with E-state index in [0.29, 0.717) is 0 Å². The Hall–Kier alpha value is -0.610. The molecule has 4 heteroatoms. The van der Waals surface area contributed by atoms with E-state index in [4.69, 9.17) is 10.5 Å². The lowest BCUT2D eigenvalue weighted by molar-refractivity contribution is -0.143. The van der Waals surface area contributed by atoms with Gasteiger partial charge in [-0.15, -0.1) is 0 Å². The van der Waals surface area contributed by atoms with Crippen molar-refractivity contribution in [2.45, 2.75) is 38.3 Å². The summed E-state index contributed by atoms with van der Waals surface area (Å²) < 4.78 is 5.12. The average Bonchev–Trinajstić information content (AvgIpc) is 2.20. The van der Waals surface area contributed by atoms with Crippen molar-refractivity contribution in [2.24, 2.45) is 5.73 Å². The highest BCUT2D eigenvalue weighted by Crippen LogP contribution is 2.11. The van der Waals surface area contributed by atoms with E-state index < -0.39 is 0 Å². The van der Waals surface area contributed by atoms with Crippen LogP contribution in [0.4, 0.5) is 0 Å². The molecular formula is C10H20N2O2. The second-order valence-electron chi connectivity index (χ2n) is 3.80. The molecule has 1 unspecified atom stereocenters. The van der Waals surface area contributed by atoms with Crippen LogP contribution in [0.3, 0.4) is 0 Å². The summed E-state index contributed by atoms with van der Waals surface area (Å²) in [7, 11) is 1.59. The third-order valence-electron chi connectivity index (χ3n) is 2.78. The van der Waals surface area contributed by atoms with Crippen molar-refractivity contribution in [3.63, 3.8) is 0 Å². The maximum atomic E-state index is 11.8. The number of hydrogen-bond donors (Lipinski definition) is 1. The van der Waals surface area contributed by atoms with Gasteiger partial charge < -0.3 is 15.4 Å². The molecule has 1 fully saturated rings. The van der Waals surface area contributed by atoms with E-state index in [1.165, 1.54) is 0 Å². The summed E-state index contributed by atoms with van der Waals surface area (Å²) in [6.07, 6.45) is 2.28. The first-order valence-electron chi connectivity index (χ1n) is 5.26. The Morgan fingerprint density at radius 1 is 1.57 bits per heavy atom. The Morgan fingerprint density at radius 3 is 2.57 bits per heavy atom. The van der Waals surface area contributed by atoms with Gasteiger partial charge in [0.2, 0.25) is 0 Å². The minimum Gasteiger partial charge on any atom is -0.372 e. The van der Waals surface area contributed by atoms with Crippen molar-refractivity contribution >= 4 is 5.91 Å². The van der Waals surface area contributed by atoms with Gasteiger partial charge in [-0.05, 0) is 19.3 Å². The van der Waals surface area contributed by atoms with Gasteiger partial charge in [0.15, 0.2) is 0 Å². The van der Waals surface area contributed by atoms with E-state index in [1.807, 2.05) is 11.8 Å². The summed E-state index contributed by atoms with van der Waals surface area (Å²) >= 11 is 0. The fraction of sp³-hybridized carbons (Fsp3) is 0.900. The van der Waals surface area contributed by atoms with Crippen LogP contribution in [0.1, 0.15) is 26.2 Å². The molecule has 1 aliphatic rings. The number of piperidine rings is 1. The van der Waals surface area contributed by atoms with Gasteiger partial charge in [-0.3, -0.25) is 4.79 Å². The lowest BCUT2D eigenvalue weighted by Crippen LogP contribution is -2.47. The molecule has 0 aliphatic carbocycles. The van der Waals surface area contributed by atoms with Crippen LogP contribution in [0.5, 0.6) is 0 Å². The highest BCUT2D eigenvalue weighted by Gasteiger charge is 2.25. The number of likely N-dealkylation sites (tertiary alicyclic amines) is 1. The number of nitrogens with zero attached hydrogens (tertiary/aromatic N) is 1. The molecule has 4 nitrogen and oxygen atoms in total. The first-order chi connectivity index (χ1) is 6.69. The molecule has 14 heavy (non-hydrogen) atoms. The second kappa shape index (κ2) is 5.32. The molecule has 1 amide bonds. The van der Waals surface area contributed by atoms with Gasteiger partial charge in [-0.2, -0.15) is 0 Å². The predicted molar refractivity (Wildman–Crippen MR) is 54.9 cm³/mol. The van der Waals surface area contributed by atoms with E-state index in [9.17, 15) is 4.79 Å². The fourth-order valence-electron chi connectivity index (χ4n) is 1.77. The largest absolute Gasteiger partial charge is 0.372 e. The molecule has 0 aromatic heterocycles. The predicted octanol–water partition coefficient (Wildman–Crippen LogP) is 0.361. The smallest absolute Gasteiger partial charge is 0.251 e. The molecule has 82 valence electrons. The zero-order valence-corrected chi connectivity index (χ0v) is 9.03. The van der Waals surface area contributed by atoms with Crippen LogP contribution in [0.25, 0.3) is 0 Å². The van der Waals surface area contributed by atoms with Crippen molar-refractivity contribution in [3.05, 3.63) is 0 Å². The topological polar surface area (TPSA) is 55.6 Å². The third-order valence-corrected chi connectivity index (χ3v) is 2.78. The van der Waals surface area contributed by atoms with Crippen molar-refractivity contribution in [1.29, 1.82) is 0 Å². The average molecular weight is 200 g/mol. The van der Waals surface area contributed by atoms with Crippen molar-refractivity contribution < 1.29 is 9.53 Å². The number of carbonyl (C=O) groups excluding carboxylic acids is 1. The molecule has 2 N–H and O–H groups in total. The molecule has 1 heterocycles.